The Bertz CT molecular complexity index is 3080. The van der Waals surface area contributed by atoms with Crippen LogP contribution >= 0.6 is 15.5 Å². The Morgan fingerprint density at radius 2 is 0.915 bits per heavy atom. The van der Waals surface area contributed by atoms with E-state index in [2.05, 4.69) is 19.9 Å². The molecular weight excluding hydrogens is 1000 g/mol. The highest BCUT2D eigenvalue weighted by atomic mass is 32.2. The van der Waals surface area contributed by atoms with Crippen molar-refractivity contribution < 1.29 is 58.8 Å². The molecular formula is C45H55N9O13P2S2. The molecule has 0 bridgehead atoms. The van der Waals surface area contributed by atoms with Crippen LogP contribution in [0.4, 0.5) is 17.3 Å². The monoisotopic (exact) mass is 1060 g/mol. The number of carbonyl (C=O) groups is 2. The molecule has 0 spiro atoms. The SMILES string of the molecule is CCOP(=O)(NS(=O)(=O)c1ccc(CC(=O)c2nc(-c3ccc(C)cc3)cnc2N)cc1)OCC.CCOP(=O)(NS(=O)(=O)c1ccc(N)cc1)OCC.Cc1ccc(-c2cnc(N)c(C(=O)O)n2)cc1. The zero-order chi connectivity index (χ0) is 52.6. The Kier molecular flexibility index (Phi) is 20.7. The van der Waals surface area contributed by atoms with Gasteiger partial charge in [-0.1, -0.05) is 71.8 Å². The second-order valence-electron chi connectivity index (χ2n) is 14.7. The number of hydrogen-bond donors (Lipinski definition) is 6. The molecule has 0 unspecified atom stereocenters. The van der Waals surface area contributed by atoms with Gasteiger partial charge in [-0.15, -0.1) is 8.99 Å². The first-order valence-corrected chi connectivity index (χ1v) is 27.5. The summed E-state index contributed by atoms with van der Waals surface area (Å²) >= 11 is 0. The Balaban J connectivity index is 0.000000256. The van der Waals surface area contributed by atoms with Crippen molar-refractivity contribution in [1.82, 2.24) is 28.9 Å². The highest BCUT2D eigenvalue weighted by Gasteiger charge is 2.33. The van der Waals surface area contributed by atoms with Crippen molar-refractivity contribution in [1.29, 1.82) is 0 Å². The number of nitrogen functional groups attached to an aromatic ring is 3. The van der Waals surface area contributed by atoms with E-state index in [-0.39, 0.29) is 71.4 Å². The van der Waals surface area contributed by atoms with E-state index in [1.54, 1.807) is 27.7 Å². The van der Waals surface area contributed by atoms with Crippen LogP contribution in [0.3, 0.4) is 0 Å². The largest absolute Gasteiger partial charge is 0.476 e. The van der Waals surface area contributed by atoms with Gasteiger partial charge in [0.25, 0.3) is 0 Å². The van der Waals surface area contributed by atoms with Crippen LogP contribution in [0.25, 0.3) is 22.5 Å². The molecule has 0 aliphatic carbocycles. The maximum atomic E-state index is 12.9. The Morgan fingerprint density at radius 3 is 1.28 bits per heavy atom. The van der Waals surface area contributed by atoms with Gasteiger partial charge in [-0.05, 0) is 83.5 Å². The summed E-state index contributed by atoms with van der Waals surface area (Å²) in [6, 6.07) is 26.2. The zero-order valence-corrected chi connectivity index (χ0v) is 42.9. The number of sulfonamides is 2. The molecule has 2 heterocycles. The van der Waals surface area contributed by atoms with Gasteiger partial charge < -0.3 is 22.3 Å². The van der Waals surface area contributed by atoms with Crippen LogP contribution in [0.1, 0.15) is 65.4 Å². The van der Waals surface area contributed by atoms with Gasteiger partial charge in [-0.3, -0.25) is 22.9 Å². The number of rotatable bonds is 20. The second kappa shape index (κ2) is 25.7. The van der Waals surface area contributed by atoms with E-state index in [1.807, 2.05) is 71.4 Å². The zero-order valence-electron chi connectivity index (χ0n) is 39.5. The number of aromatic carboxylic acids is 1. The van der Waals surface area contributed by atoms with Crippen LogP contribution in [-0.4, -0.2) is 80.1 Å². The number of nitrogens with zero attached hydrogens (tertiary/aromatic N) is 4. The summed E-state index contributed by atoms with van der Waals surface area (Å²) in [5, 5.41) is 8.90. The third-order valence-electron chi connectivity index (χ3n) is 9.21. The molecule has 9 N–H and O–H groups in total. The number of nitrogens with two attached hydrogens (primary N) is 3. The summed E-state index contributed by atoms with van der Waals surface area (Å²) < 4.78 is 97.6. The van der Waals surface area contributed by atoms with Crippen molar-refractivity contribution in [3.8, 4) is 22.5 Å². The Labute approximate surface area is 412 Å². The van der Waals surface area contributed by atoms with E-state index in [0.717, 1.165) is 22.3 Å². The van der Waals surface area contributed by atoms with Crippen molar-refractivity contribution in [2.45, 2.75) is 57.8 Å². The lowest BCUT2D eigenvalue weighted by molar-refractivity contribution is 0.0691. The maximum Gasteiger partial charge on any atom is 0.419 e. The molecule has 0 fully saturated rings. The van der Waals surface area contributed by atoms with Crippen molar-refractivity contribution >= 4 is 64.6 Å². The molecule has 0 radical (unpaired) electrons. The molecule has 22 nitrogen and oxygen atoms in total. The van der Waals surface area contributed by atoms with Crippen LogP contribution in [0.5, 0.6) is 0 Å². The molecule has 0 atom stereocenters. The van der Waals surface area contributed by atoms with Crippen LogP contribution in [-0.2, 0) is 53.7 Å². The second-order valence-corrected chi connectivity index (χ2v) is 22.1. The van der Waals surface area contributed by atoms with Gasteiger partial charge in [0, 0.05) is 23.2 Å². The van der Waals surface area contributed by atoms with E-state index >= 15 is 0 Å². The van der Waals surface area contributed by atoms with Crippen molar-refractivity contribution in [3.05, 3.63) is 138 Å². The number of anilines is 3. The molecule has 0 amide bonds. The van der Waals surface area contributed by atoms with Gasteiger partial charge in [-0.25, -0.2) is 50.7 Å². The van der Waals surface area contributed by atoms with E-state index in [9.17, 15) is 35.6 Å². The minimum absolute atomic E-state index is 0.00200. The van der Waals surface area contributed by atoms with Crippen LogP contribution in [0.2, 0.25) is 0 Å². The number of nitrogens with one attached hydrogen (secondary N) is 2. The average molecular weight is 1060 g/mol. The summed E-state index contributed by atoms with van der Waals surface area (Å²) in [5.41, 5.74) is 22.4. The smallest absolute Gasteiger partial charge is 0.419 e. The highest BCUT2D eigenvalue weighted by Crippen LogP contribution is 2.46. The third-order valence-corrected chi connectivity index (χ3v) is 17.1. The number of ketones is 1. The van der Waals surface area contributed by atoms with E-state index in [0.29, 0.717) is 22.6 Å². The maximum absolute atomic E-state index is 12.9. The van der Waals surface area contributed by atoms with Gasteiger partial charge in [0.15, 0.2) is 23.1 Å². The number of aryl methyl sites for hydroxylation is 2. The molecule has 0 saturated heterocycles. The molecule has 6 rings (SSSR count). The molecule has 71 heavy (non-hydrogen) atoms. The van der Waals surface area contributed by atoms with E-state index < -0.39 is 41.5 Å². The number of Topliss-reactive ketones (excluding diaryl/α,β-unsaturated/α-hetero) is 1. The molecule has 380 valence electrons. The normalized spacial score (nSPS) is 11.7. The predicted molar refractivity (Wildman–Crippen MR) is 268 cm³/mol. The average Bonchev–Trinajstić information content (AvgIpc) is 3.30. The van der Waals surface area contributed by atoms with E-state index in [1.165, 1.54) is 60.9 Å². The summed E-state index contributed by atoms with van der Waals surface area (Å²) in [7, 11) is -16.1. The number of benzene rings is 4. The minimum Gasteiger partial charge on any atom is -0.476 e. The standard InChI is InChI=1S/C23H27N4O6PS.C12H11N3O2.C10H17N2O5PS/c1-4-32-34(29,33-5-2)27-35(30,31)19-12-8-17(9-13-19)14-21(28)22-23(24)25-15-20(26-22)18-10-6-16(3)7-11-18;1-7-2-4-8(5-3-7)9-6-14-11(13)10(15-9)12(16)17;1-3-16-18(13,17-4-2)12-19(14,15)10-7-5-9(11)6-8-10/h6-13,15H,4-5,14H2,1-3H3,(H2,24,25)(H,27,29);2-6H,1H3,(H2,13,14)(H,16,17);5-8H,3-4,11H2,1-2H3,(H,12,13). The number of hydrogen-bond acceptors (Lipinski definition) is 19. The summed E-state index contributed by atoms with van der Waals surface area (Å²) in [5.74, 6) is -1.61. The van der Waals surface area contributed by atoms with Crippen molar-refractivity contribution in [3.63, 3.8) is 0 Å². The number of aromatic nitrogens is 4. The third kappa shape index (κ3) is 16.9. The fraction of sp³-hybridized carbons (Fsp3) is 0.244. The van der Waals surface area contributed by atoms with Gasteiger partial charge in [-0.2, -0.15) is 0 Å². The van der Waals surface area contributed by atoms with Gasteiger partial charge in [0.1, 0.15) is 5.69 Å². The van der Waals surface area contributed by atoms with Crippen LogP contribution in [0.15, 0.2) is 119 Å². The molecule has 26 heteroatoms. The lowest BCUT2D eigenvalue weighted by Crippen LogP contribution is -2.23. The summed E-state index contributed by atoms with van der Waals surface area (Å²) in [6.45, 7) is 10.4. The Hall–Kier alpha value is -6.30. The fourth-order valence-electron chi connectivity index (χ4n) is 5.85. The molecule has 4 aromatic carbocycles. The first-order chi connectivity index (χ1) is 33.5. The first-order valence-electron chi connectivity index (χ1n) is 21.4. The van der Waals surface area contributed by atoms with Gasteiger partial charge >= 0.3 is 21.5 Å². The molecule has 0 aliphatic heterocycles. The van der Waals surface area contributed by atoms with Gasteiger partial charge in [0.05, 0.1) is 60.0 Å². The van der Waals surface area contributed by atoms with Gasteiger partial charge in [0.2, 0.25) is 20.0 Å². The molecule has 6 aromatic rings. The lowest BCUT2D eigenvalue weighted by Gasteiger charge is -2.17. The molecule has 2 aromatic heterocycles. The highest BCUT2D eigenvalue weighted by molar-refractivity contribution is 7.95. The molecule has 0 aliphatic rings. The summed E-state index contributed by atoms with van der Waals surface area (Å²) in [6.07, 6.45) is 2.90. The minimum atomic E-state index is -4.20. The quantitative estimate of drug-likeness (QED) is 0.0247. The van der Waals surface area contributed by atoms with Crippen LogP contribution < -0.4 is 26.2 Å². The lowest BCUT2D eigenvalue weighted by atomic mass is 10.1. The van der Waals surface area contributed by atoms with Crippen molar-refractivity contribution in [2.24, 2.45) is 0 Å². The Morgan fingerprint density at radius 1 is 0.563 bits per heavy atom. The predicted octanol–water partition coefficient (Wildman–Crippen LogP) is 7.38. The number of carboxylic acid groups (broad SMARTS) is 1. The topological polar surface area (TPSA) is 347 Å². The molecule has 0 saturated carbocycles. The fourth-order valence-corrected chi connectivity index (χ4v) is 12.4. The first kappa shape index (κ1) is 57.3. The number of carboxylic acids is 1. The van der Waals surface area contributed by atoms with Crippen molar-refractivity contribution in [2.75, 3.05) is 43.6 Å². The van der Waals surface area contributed by atoms with Crippen LogP contribution in [0, 0.1) is 13.8 Å². The van der Waals surface area contributed by atoms with E-state index in [4.69, 9.17) is 40.4 Å². The number of carbonyl (C=O) groups excluding carboxylic acids is 1. The summed E-state index contributed by atoms with van der Waals surface area (Å²) in [4.78, 5) is 39.9.